The molecule has 0 radical (unpaired) electrons. The zero-order chi connectivity index (χ0) is 22.2. The van der Waals surface area contributed by atoms with Gasteiger partial charge in [0.05, 0.1) is 30.1 Å². The van der Waals surface area contributed by atoms with Gasteiger partial charge in [-0.3, -0.25) is 9.59 Å². The summed E-state index contributed by atoms with van der Waals surface area (Å²) in [4.78, 5) is 24.2. The lowest BCUT2D eigenvalue weighted by molar-refractivity contribution is -0.144. The minimum atomic E-state index is -1.12. The highest BCUT2D eigenvalue weighted by Gasteiger charge is 2.26. The van der Waals surface area contributed by atoms with Crippen molar-refractivity contribution in [1.29, 1.82) is 0 Å². The molecule has 29 heavy (non-hydrogen) atoms. The highest BCUT2D eigenvalue weighted by Crippen LogP contribution is 2.49. The molecule has 0 spiro atoms. The number of esters is 2. The lowest BCUT2D eigenvalue weighted by Gasteiger charge is -2.13. The summed E-state index contributed by atoms with van der Waals surface area (Å²) in [6, 6.07) is 0. The molecule has 156 valence electrons. The summed E-state index contributed by atoms with van der Waals surface area (Å²) in [5.41, 5.74) is 0. The SMILES string of the molecule is O=C(CC(=O)Oc1c(Cl)c(Cl)c(Cl)c(Cl)c1Cl)Oc1c(Cl)c(Cl)c(Cl)c(Cl)c1Cl. The molecule has 0 amide bonds. The van der Waals surface area contributed by atoms with Gasteiger partial charge in [0.1, 0.15) is 26.5 Å². The van der Waals surface area contributed by atoms with Crippen LogP contribution in [0.1, 0.15) is 6.42 Å². The molecule has 0 heterocycles. The monoisotopic (exact) mass is 596 g/mol. The fraction of sp³-hybridized carbons (Fsp3) is 0.0667. The Hall–Kier alpha value is 0.280. The second-order valence-electron chi connectivity index (χ2n) is 4.92. The fourth-order valence-electron chi connectivity index (χ4n) is 1.77. The van der Waals surface area contributed by atoms with E-state index in [-0.39, 0.29) is 61.7 Å². The van der Waals surface area contributed by atoms with E-state index in [9.17, 15) is 9.59 Å². The number of rotatable bonds is 4. The van der Waals surface area contributed by atoms with Gasteiger partial charge in [0.2, 0.25) is 0 Å². The highest BCUT2D eigenvalue weighted by atomic mass is 35.5. The van der Waals surface area contributed by atoms with Crippen molar-refractivity contribution in [3.8, 4) is 11.5 Å². The van der Waals surface area contributed by atoms with Gasteiger partial charge in [0, 0.05) is 0 Å². The Bertz CT molecular complexity index is 897. The summed E-state index contributed by atoms with van der Waals surface area (Å²) in [5.74, 6) is -3.02. The van der Waals surface area contributed by atoms with E-state index in [1.165, 1.54) is 0 Å². The van der Waals surface area contributed by atoms with Crippen molar-refractivity contribution < 1.29 is 19.1 Å². The molecule has 14 heteroatoms. The standard InChI is InChI=1S/C15H2Cl10O4/c16-4-6(18)10(22)14(11(23)7(4)19)28-2(26)1-3(27)29-15-12(24)8(20)5(17)9(21)13(15)25/h1H2. The van der Waals surface area contributed by atoms with Crippen LogP contribution < -0.4 is 9.47 Å². The van der Waals surface area contributed by atoms with Gasteiger partial charge >= 0.3 is 11.9 Å². The van der Waals surface area contributed by atoms with Crippen LogP contribution in [-0.4, -0.2) is 11.9 Å². The molecule has 0 atom stereocenters. The lowest BCUT2D eigenvalue weighted by atomic mass is 10.3. The molecule has 0 N–H and O–H groups in total. The van der Waals surface area contributed by atoms with E-state index >= 15 is 0 Å². The van der Waals surface area contributed by atoms with E-state index in [1.54, 1.807) is 0 Å². The van der Waals surface area contributed by atoms with E-state index in [2.05, 4.69) is 0 Å². The van der Waals surface area contributed by atoms with Gasteiger partial charge < -0.3 is 9.47 Å². The Morgan fingerprint density at radius 2 is 0.655 bits per heavy atom. The zero-order valence-electron chi connectivity index (χ0n) is 13.1. The van der Waals surface area contributed by atoms with E-state index < -0.39 is 18.4 Å². The fourth-order valence-corrected chi connectivity index (χ4v) is 4.16. The molecule has 0 saturated carbocycles. The van der Waals surface area contributed by atoms with Crippen LogP contribution in [0.2, 0.25) is 50.2 Å². The highest BCUT2D eigenvalue weighted by molar-refractivity contribution is 6.56. The molecule has 0 bridgehead atoms. The summed E-state index contributed by atoms with van der Waals surface area (Å²) in [7, 11) is 0. The van der Waals surface area contributed by atoms with Crippen LogP contribution in [0.3, 0.4) is 0 Å². The van der Waals surface area contributed by atoms with E-state index in [0.29, 0.717) is 0 Å². The van der Waals surface area contributed by atoms with Gasteiger partial charge in [0.15, 0.2) is 11.5 Å². The second kappa shape index (κ2) is 10.3. The zero-order valence-corrected chi connectivity index (χ0v) is 20.7. The normalized spacial score (nSPS) is 10.8. The van der Waals surface area contributed by atoms with Crippen molar-refractivity contribution in [2.45, 2.75) is 6.42 Å². The van der Waals surface area contributed by atoms with Crippen molar-refractivity contribution in [3.05, 3.63) is 50.2 Å². The molecule has 0 saturated heterocycles. The first kappa shape index (κ1) is 25.5. The van der Waals surface area contributed by atoms with Crippen molar-refractivity contribution in [2.75, 3.05) is 0 Å². The van der Waals surface area contributed by atoms with Gasteiger partial charge in [-0.15, -0.1) is 0 Å². The third-order valence-electron chi connectivity index (χ3n) is 3.06. The number of carbonyl (C=O) groups is 2. The number of halogens is 10. The van der Waals surface area contributed by atoms with E-state index in [1.807, 2.05) is 0 Å². The average molecular weight is 601 g/mol. The summed E-state index contributed by atoms with van der Waals surface area (Å²) in [6.45, 7) is 0. The summed E-state index contributed by atoms with van der Waals surface area (Å²) in [5, 5.41) is -2.19. The van der Waals surface area contributed by atoms with Gasteiger partial charge in [-0.25, -0.2) is 0 Å². The molecule has 0 aromatic heterocycles. The van der Waals surface area contributed by atoms with Crippen molar-refractivity contribution >= 4 is 128 Å². The Labute approximate surface area is 213 Å². The molecule has 0 aliphatic carbocycles. The lowest BCUT2D eigenvalue weighted by Crippen LogP contribution is -2.19. The minimum Gasteiger partial charge on any atom is -0.423 e. The van der Waals surface area contributed by atoms with Crippen LogP contribution in [0, 0.1) is 0 Å². The maximum absolute atomic E-state index is 12.1. The van der Waals surface area contributed by atoms with Crippen molar-refractivity contribution in [1.82, 2.24) is 0 Å². The van der Waals surface area contributed by atoms with Crippen LogP contribution in [0.5, 0.6) is 11.5 Å². The van der Waals surface area contributed by atoms with Crippen molar-refractivity contribution in [2.24, 2.45) is 0 Å². The maximum atomic E-state index is 12.1. The molecule has 2 aromatic rings. The number of hydrogen-bond acceptors (Lipinski definition) is 4. The Kier molecular flexibility index (Phi) is 9.04. The Morgan fingerprint density at radius 3 is 0.897 bits per heavy atom. The molecule has 4 nitrogen and oxygen atoms in total. The van der Waals surface area contributed by atoms with Gasteiger partial charge in [-0.1, -0.05) is 116 Å². The van der Waals surface area contributed by atoms with Gasteiger partial charge in [0.25, 0.3) is 0 Å². The topological polar surface area (TPSA) is 52.6 Å². The van der Waals surface area contributed by atoms with Crippen LogP contribution in [0.4, 0.5) is 0 Å². The molecule has 0 fully saturated rings. The van der Waals surface area contributed by atoms with E-state index in [4.69, 9.17) is 125 Å². The molecule has 2 rings (SSSR count). The first-order chi connectivity index (χ1) is 13.4. The second-order valence-corrected chi connectivity index (χ2v) is 8.70. The summed E-state index contributed by atoms with van der Waals surface area (Å²) >= 11 is 59.0. The van der Waals surface area contributed by atoms with Gasteiger partial charge in [-0.2, -0.15) is 0 Å². The molecule has 0 unspecified atom stereocenters. The summed E-state index contributed by atoms with van der Waals surface area (Å²) < 4.78 is 9.92. The van der Waals surface area contributed by atoms with Crippen LogP contribution in [0.25, 0.3) is 0 Å². The molecule has 0 aliphatic heterocycles. The van der Waals surface area contributed by atoms with Crippen LogP contribution >= 0.6 is 116 Å². The smallest absolute Gasteiger partial charge is 0.322 e. The average Bonchev–Trinajstić information content (AvgIpc) is 2.68. The molecule has 2 aromatic carbocycles. The first-order valence-corrected chi connectivity index (χ1v) is 10.6. The van der Waals surface area contributed by atoms with E-state index in [0.717, 1.165) is 0 Å². The minimum absolute atomic E-state index is 0.136. The quantitative estimate of drug-likeness (QED) is 0.115. The Morgan fingerprint density at radius 1 is 0.448 bits per heavy atom. The first-order valence-electron chi connectivity index (χ1n) is 6.82. The molecule has 0 aliphatic rings. The maximum Gasteiger partial charge on any atom is 0.322 e. The third kappa shape index (κ3) is 5.38. The third-order valence-corrected chi connectivity index (χ3v) is 7.54. The van der Waals surface area contributed by atoms with Gasteiger partial charge in [-0.05, 0) is 0 Å². The van der Waals surface area contributed by atoms with Crippen LogP contribution in [-0.2, 0) is 9.59 Å². The van der Waals surface area contributed by atoms with Crippen molar-refractivity contribution in [3.63, 3.8) is 0 Å². The van der Waals surface area contributed by atoms with Crippen LogP contribution in [0.15, 0.2) is 0 Å². The molecular weight excluding hydrogens is 599 g/mol. The summed E-state index contributed by atoms with van der Waals surface area (Å²) in [6.07, 6.45) is -0.908. The predicted molar refractivity (Wildman–Crippen MR) is 119 cm³/mol. The number of benzene rings is 2. The Balaban J connectivity index is 2.21. The molecular formula is C15H2Cl10O4. The largest absolute Gasteiger partial charge is 0.423 e. The number of ether oxygens (including phenoxy) is 2. The number of hydrogen-bond donors (Lipinski definition) is 0. The predicted octanol–water partition coefficient (Wildman–Crippen LogP) is 9.12. The number of carbonyl (C=O) groups excluding carboxylic acids is 2.